The van der Waals surface area contributed by atoms with Crippen molar-refractivity contribution in [1.29, 1.82) is 0 Å². The summed E-state index contributed by atoms with van der Waals surface area (Å²) in [4.78, 5) is 33.9. The third kappa shape index (κ3) is 4.86. The fraction of sp³-hybridized carbons (Fsp3) is 0.750. The van der Waals surface area contributed by atoms with Gasteiger partial charge in [-0.2, -0.15) is 0 Å². The third-order valence-corrected chi connectivity index (χ3v) is 3.32. The molecular formula is C12H20N2O5. The Morgan fingerprint density at radius 3 is 2.58 bits per heavy atom. The first-order valence-corrected chi connectivity index (χ1v) is 6.29. The molecule has 0 aromatic rings. The van der Waals surface area contributed by atoms with E-state index < -0.39 is 18.0 Å². The summed E-state index contributed by atoms with van der Waals surface area (Å²) in [5, 5.41) is 11.5. The Kier molecular flexibility index (Phi) is 5.75. The van der Waals surface area contributed by atoms with Crippen LogP contribution in [0, 0.1) is 5.92 Å². The number of hydrogen-bond donors (Lipinski definition) is 3. The van der Waals surface area contributed by atoms with E-state index >= 15 is 0 Å². The number of carboxylic acids is 1. The van der Waals surface area contributed by atoms with Crippen molar-refractivity contribution in [3.8, 4) is 0 Å². The molecule has 1 amide bonds. The Balaban J connectivity index is 2.46. The van der Waals surface area contributed by atoms with Gasteiger partial charge in [0.25, 0.3) is 0 Å². The van der Waals surface area contributed by atoms with Crippen LogP contribution < -0.4 is 11.1 Å². The van der Waals surface area contributed by atoms with E-state index in [1.54, 1.807) is 0 Å². The van der Waals surface area contributed by atoms with Gasteiger partial charge in [-0.1, -0.05) is 0 Å². The zero-order valence-corrected chi connectivity index (χ0v) is 10.9. The first-order valence-electron chi connectivity index (χ1n) is 6.29. The standard InChI is InChI=1S/C12H20N2O5/c1-19-10(15)5-4-9(12(17)18)14-11(16)7-2-3-8(13)6-7/h7-9H,2-6,13H2,1H3,(H,14,16)(H,17,18)/t7?,8?,9-/m0/s1. The SMILES string of the molecule is COC(=O)CC[C@H](NC(=O)C1CCC(N)C1)C(=O)O. The molecule has 0 radical (unpaired) electrons. The molecule has 2 unspecified atom stereocenters. The van der Waals surface area contributed by atoms with Crippen molar-refractivity contribution in [3.63, 3.8) is 0 Å². The molecule has 0 spiro atoms. The predicted molar refractivity (Wildman–Crippen MR) is 66.1 cm³/mol. The summed E-state index contributed by atoms with van der Waals surface area (Å²) >= 11 is 0. The highest BCUT2D eigenvalue weighted by atomic mass is 16.5. The van der Waals surface area contributed by atoms with Gasteiger partial charge in [0.15, 0.2) is 0 Å². The molecule has 0 aromatic carbocycles. The van der Waals surface area contributed by atoms with E-state index in [1.807, 2.05) is 0 Å². The molecule has 0 heterocycles. The van der Waals surface area contributed by atoms with E-state index in [0.29, 0.717) is 12.8 Å². The van der Waals surface area contributed by atoms with E-state index in [0.717, 1.165) is 6.42 Å². The van der Waals surface area contributed by atoms with Crippen molar-refractivity contribution >= 4 is 17.8 Å². The molecular weight excluding hydrogens is 252 g/mol. The highest BCUT2D eigenvalue weighted by Crippen LogP contribution is 2.24. The molecule has 1 fully saturated rings. The number of carbonyl (C=O) groups excluding carboxylic acids is 2. The number of rotatable bonds is 6. The Morgan fingerprint density at radius 1 is 1.42 bits per heavy atom. The van der Waals surface area contributed by atoms with Crippen LogP contribution in [0.4, 0.5) is 0 Å². The van der Waals surface area contributed by atoms with Gasteiger partial charge in [0, 0.05) is 18.4 Å². The Bertz CT molecular complexity index is 358. The smallest absolute Gasteiger partial charge is 0.326 e. The van der Waals surface area contributed by atoms with Crippen molar-refractivity contribution in [1.82, 2.24) is 5.32 Å². The van der Waals surface area contributed by atoms with Gasteiger partial charge in [-0.05, 0) is 25.7 Å². The number of methoxy groups -OCH3 is 1. The monoisotopic (exact) mass is 272 g/mol. The number of ether oxygens (including phenoxy) is 1. The third-order valence-electron chi connectivity index (χ3n) is 3.32. The molecule has 1 saturated carbocycles. The van der Waals surface area contributed by atoms with Crippen molar-refractivity contribution in [3.05, 3.63) is 0 Å². The van der Waals surface area contributed by atoms with Crippen LogP contribution in [-0.2, 0) is 19.1 Å². The minimum Gasteiger partial charge on any atom is -0.480 e. The van der Waals surface area contributed by atoms with Crippen molar-refractivity contribution < 1.29 is 24.2 Å². The first-order chi connectivity index (χ1) is 8.93. The molecule has 0 bridgehead atoms. The fourth-order valence-corrected chi connectivity index (χ4v) is 2.17. The zero-order chi connectivity index (χ0) is 14.4. The van der Waals surface area contributed by atoms with E-state index in [9.17, 15) is 14.4 Å². The van der Waals surface area contributed by atoms with Gasteiger partial charge in [-0.25, -0.2) is 4.79 Å². The molecule has 19 heavy (non-hydrogen) atoms. The van der Waals surface area contributed by atoms with Crippen LogP contribution in [0.1, 0.15) is 32.1 Å². The van der Waals surface area contributed by atoms with Crippen LogP contribution in [-0.4, -0.2) is 42.1 Å². The summed E-state index contributed by atoms with van der Waals surface area (Å²) in [7, 11) is 1.23. The Morgan fingerprint density at radius 2 is 2.11 bits per heavy atom. The molecule has 1 aliphatic rings. The van der Waals surface area contributed by atoms with Crippen molar-refractivity contribution in [2.45, 2.75) is 44.2 Å². The summed E-state index contributed by atoms with van der Waals surface area (Å²) < 4.78 is 4.44. The second-order valence-corrected chi connectivity index (χ2v) is 4.78. The van der Waals surface area contributed by atoms with Crippen LogP contribution in [0.3, 0.4) is 0 Å². The molecule has 108 valence electrons. The summed E-state index contributed by atoms with van der Waals surface area (Å²) in [6.07, 6.45) is 2.01. The number of nitrogens with one attached hydrogen (secondary N) is 1. The first kappa shape index (κ1) is 15.4. The molecule has 1 aliphatic carbocycles. The Hall–Kier alpha value is -1.63. The van der Waals surface area contributed by atoms with Crippen LogP contribution in [0.25, 0.3) is 0 Å². The van der Waals surface area contributed by atoms with Gasteiger partial charge < -0.3 is 20.9 Å². The Labute approximate surface area is 111 Å². The topological polar surface area (TPSA) is 119 Å². The largest absolute Gasteiger partial charge is 0.480 e. The van der Waals surface area contributed by atoms with Gasteiger partial charge in [0.05, 0.1) is 7.11 Å². The van der Waals surface area contributed by atoms with Crippen molar-refractivity contribution in [2.24, 2.45) is 11.7 Å². The molecule has 7 heteroatoms. The van der Waals surface area contributed by atoms with E-state index in [4.69, 9.17) is 10.8 Å². The fourth-order valence-electron chi connectivity index (χ4n) is 2.17. The maximum Gasteiger partial charge on any atom is 0.326 e. The van der Waals surface area contributed by atoms with Gasteiger partial charge in [0.2, 0.25) is 5.91 Å². The average Bonchev–Trinajstić information content (AvgIpc) is 2.80. The maximum atomic E-state index is 11.9. The van der Waals surface area contributed by atoms with Gasteiger partial charge in [-0.3, -0.25) is 9.59 Å². The number of esters is 1. The molecule has 0 aliphatic heterocycles. The van der Waals surface area contributed by atoms with Gasteiger partial charge >= 0.3 is 11.9 Å². The highest BCUT2D eigenvalue weighted by Gasteiger charge is 2.30. The van der Waals surface area contributed by atoms with E-state index in [2.05, 4.69) is 10.1 Å². The van der Waals surface area contributed by atoms with Crippen LogP contribution >= 0.6 is 0 Å². The normalized spacial score (nSPS) is 23.7. The number of carboxylic acid groups (broad SMARTS) is 1. The molecule has 4 N–H and O–H groups in total. The van der Waals surface area contributed by atoms with Crippen LogP contribution in [0.2, 0.25) is 0 Å². The summed E-state index contributed by atoms with van der Waals surface area (Å²) in [6, 6.07) is -1.06. The minimum absolute atomic E-state index is 0.00842. The second-order valence-electron chi connectivity index (χ2n) is 4.78. The van der Waals surface area contributed by atoms with Gasteiger partial charge in [0.1, 0.15) is 6.04 Å². The quantitative estimate of drug-likeness (QED) is 0.568. The summed E-state index contributed by atoms with van der Waals surface area (Å²) in [5.74, 6) is -2.18. The number of nitrogens with two attached hydrogens (primary N) is 1. The van der Waals surface area contributed by atoms with Crippen molar-refractivity contribution in [2.75, 3.05) is 7.11 Å². The molecule has 1 rings (SSSR count). The summed E-state index contributed by atoms with van der Waals surface area (Å²) in [6.45, 7) is 0. The van der Waals surface area contributed by atoms with Crippen LogP contribution in [0.15, 0.2) is 0 Å². The lowest BCUT2D eigenvalue weighted by Crippen LogP contribution is -2.43. The lowest BCUT2D eigenvalue weighted by Gasteiger charge is -2.17. The summed E-state index contributed by atoms with van der Waals surface area (Å²) in [5.41, 5.74) is 5.71. The second kappa shape index (κ2) is 7.08. The lowest BCUT2D eigenvalue weighted by molar-refractivity contribution is -0.144. The zero-order valence-electron chi connectivity index (χ0n) is 10.9. The van der Waals surface area contributed by atoms with E-state index in [1.165, 1.54) is 7.11 Å². The van der Waals surface area contributed by atoms with Gasteiger partial charge in [-0.15, -0.1) is 0 Å². The van der Waals surface area contributed by atoms with Crippen LogP contribution in [0.5, 0.6) is 0 Å². The van der Waals surface area contributed by atoms with E-state index in [-0.39, 0.29) is 30.7 Å². The molecule has 3 atom stereocenters. The minimum atomic E-state index is -1.15. The number of amides is 1. The number of hydrogen-bond acceptors (Lipinski definition) is 5. The average molecular weight is 272 g/mol. The molecule has 7 nitrogen and oxygen atoms in total. The highest BCUT2D eigenvalue weighted by molar-refractivity contribution is 5.85. The number of carbonyl (C=O) groups is 3. The number of aliphatic carboxylic acids is 1. The molecule has 0 aromatic heterocycles. The molecule has 0 saturated heterocycles. The lowest BCUT2D eigenvalue weighted by atomic mass is 10.1. The predicted octanol–water partition coefficient (Wildman–Crippen LogP) is -0.364. The maximum absolute atomic E-state index is 11.9.